The number of halogens is 4. The van der Waals surface area contributed by atoms with E-state index >= 15 is 0 Å². The SMILES string of the molecule is N#CC1(NC(=O)[C@@H]2Cc3ccc(c(Cl)c3)OCC=CCOc3cc(C(F)(F)F)ccc3C(=O)N2)CC1. The van der Waals surface area contributed by atoms with Crippen LogP contribution < -0.4 is 20.1 Å². The predicted octanol–water partition coefficient (Wildman–Crippen LogP) is 4.20. The van der Waals surface area contributed by atoms with E-state index in [1.807, 2.05) is 0 Å². The number of benzene rings is 2. The van der Waals surface area contributed by atoms with Crippen LogP contribution in [0.4, 0.5) is 13.2 Å². The maximum Gasteiger partial charge on any atom is 0.416 e. The van der Waals surface area contributed by atoms with Crippen molar-refractivity contribution in [3.05, 3.63) is 70.3 Å². The fourth-order valence-corrected chi connectivity index (χ4v) is 3.86. The molecule has 2 aliphatic heterocycles. The van der Waals surface area contributed by atoms with Gasteiger partial charge in [-0.25, -0.2) is 0 Å². The number of carbonyl (C=O) groups excluding carboxylic acids is 2. The molecule has 2 aromatic rings. The molecule has 0 radical (unpaired) electrons. The van der Waals surface area contributed by atoms with Crippen LogP contribution in [-0.4, -0.2) is 36.6 Å². The van der Waals surface area contributed by atoms with Crippen molar-refractivity contribution >= 4 is 23.4 Å². The van der Waals surface area contributed by atoms with Crippen molar-refractivity contribution in [3.63, 3.8) is 0 Å². The molecular formula is C25H21ClF3N3O4. The number of hydrogen-bond acceptors (Lipinski definition) is 5. The van der Waals surface area contributed by atoms with Gasteiger partial charge in [0.2, 0.25) is 5.91 Å². The molecule has 11 heteroatoms. The molecule has 2 heterocycles. The van der Waals surface area contributed by atoms with E-state index in [0.717, 1.165) is 18.2 Å². The van der Waals surface area contributed by atoms with Crippen molar-refractivity contribution in [3.8, 4) is 17.6 Å². The third kappa shape index (κ3) is 5.91. The highest BCUT2D eigenvalue weighted by Crippen LogP contribution is 2.35. The standard InChI is InChI=1S/C25H21ClF3N3O4/c26-18-11-15-3-6-20(18)35-9-1-2-10-36-21-13-16(25(27,28)29)4-5-17(21)22(33)31-19(12-15)23(34)32-24(14-30)7-8-24/h1-6,11,13,19H,7-10,12H2,(H,31,33)(H,32,34)/t19-/m0/s1. The van der Waals surface area contributed by atoms with E-state index in [-0.39, 0.29) is 30.9 Å². The fourth-order valence-electron chi connectivity index (χ4n) is 3.60. The summed E-state index contributed by atoms with van der Waals surface area (Å²) in [6, 6.07) is 8.35. The van der Waals surface area contributed by atoms with Crippen molar-refractivity contribution in [1.29, 1.82) is 5.26 Å². The van der Waals surface area contributed by atoms with Crippen LogP contribution in [-0.2, 0) is 17.4 Å². The van der Waals surface area contributed by atoms with E-state index in [1.54, 1.807) is 24.3 Å². The molecule has 0 unspecified atom stereocenters. The molecule has 5 rings (SSSR count). The smallest absolute Gasteiger partial charge is 0.416 e. The summed E-state index contributed by atoms with van der Waals surface area (Å²) in [5.41, 5.74) is -1.54. The number of amides is 2. The molecule has 0 aromatic heterocycles. The van der Waals surface area contributed by atoms with Crippen LogP contribution in [0.3, 0.4) is 0 Å². The lowest BCUT2D eigenvalue weighted by Gasteiger charge is -2.22. The number of nitriles is 1. The predicted molar refractivity (Wildman–Crippen MR) is 124 cm³/mol. The molecule has 1 aliphatic carbocycles. The van der Waals surface area contributed by atoms with Crippen molar-refractivity contribution in [2.24, 2.45) is 0 Å². The van der Waals surface area contributed by atoms with E-state index in [1.165, 1.54) is 6.08 Å². The second-order valence-electron chi connectivity index (χ2n) is 8.48. The van der Waals surface area contributed by atoms with Gasteiger partial charge in [0.1, 0.15) is 36.3 Å². The zero-order chi connectivity index (χ0) is 25.9. The normalized spacial score (nSPS) is 19.2. The minimum Gasteiger partial charge on any atom is -0.489 e. The average Bonchev–Trinajstić information content (AvgIpc) is 3.60. The monoisotopic (exact) mass is 519 g/mol. The Morgan fingerprint density at radius 1 is 1.11 bits per heavy atom. The first-order valence-corrected chi connectivity index (χ1v) is 11.4. The van der Waals surface area contributed by atoms with Gasteiger partial charge >= 0.3 is 6.18 Å². The molecule has 1 fully saturated rings. The Balaban J connectivity index is 1.69. The van der Waals surface area contributed by atoms with Crippen LogP contribution in [0.2, 0.25) is 5.02 Å². The maximum atomic E-state index is 13.3. The van der Waals surface area contributed by atoms with Gasteiger partial charge in [-0.2, -0.15) is 18.4 Å². The molecule has 7 nitrogen and oxygen atoms in total. The van der Waals surface area contributed by atoms with Crippen LogP contribution in [0.15, 0.2) is 48.6 Å². The highest BCUT2D eigenvalue weighted by Gasteiger charge is 2.45. The lowest BCUT2D eigenvalue weighted by atomic mass is 10.0. The lowest BCUT2D eigenvalue weighted by molar-refractivity contribution is -0.137. The molecule has 3 aliphatic rings. The number of fused-ring (bicyclic) bond motifs is 9. The van der Waals surface area contributed by atoms with Gasteiger partial charge in [-0.05, 0) is 60.9 Å². The van der Waals surface area contributed by atoms with Gasteiger partial charge in [-0.15, -0.1) is 0 Å². The number of nitrogens with one attached hydrogen (secondary N) is 2. The molecule has 2 aromatic carbocycles. The molecule has 1 atom stereocenters. The molecule has 0 saturated heterocycles. The zero-order valence-electron chi connectivity index (χ0n) is 18.8. The largest absolute Gasteiger partial charge is 0.489 e. The number of alkyl halides is 3. The number of ether oxygens (including phenoxy) is 2. The summed E-state index contributed by atoms with van der Waals surface area (Å²) in [5, 5.41) is 14.9. The van der Waals surface area contributed by atoms with Gasteiger partial charge < -0.3 is 20.1 Å². The van der Waals surface area contributed by atoms with Crippen molar-refractivity contribution in [1.82, 2.24) is 10.6 Å². The van der Waals surface area contributed by atoms with Gasteiger partial charge in [-0.3, -0.25) is 9.59 Å². The van der Waals surface area contributed by atoms with Crippen LogP contribution in [0.25, 0.3) is 0 Å². The second kappa shape index (κ2) is 10.1. The molecule has 188 valence electrons. The first-order chi connectivity index (χ1) is 17.1. The zero-order valence-corrected chi connectivity index (χ0v) is 19.6. The van der Waals surface area contributed by atoms with Crippen molar-refractivity contribution in [2.45, 2.75) is 37.0 Å². The average molecular weight is 520 g/mol. The summed E-state index contributed by atoms with van der Waals surface area (Å²) in [6.45, 7) is -0.00808. The Morgan fingerprint density at radius 2 is 1.81 bits per heavy atom. The van der Waals surface area contributed by atoms with Crippen molar-refractivity contribution < 1.29 is 32.2 Å². The molecule has 36 heavy (non-hydrogen) atoms. The number of rotatable bonds is 2. The summed E-state index contributed by atoms with van der Waals surface area (Å²) in [7, 11) is 0. The Labute approximate surface area is 209 Å². The minimum absolute atomic E-state index is 0.00973. The summed E-state index contributed by atoms with van der Waals surface area (Å²) in [5.74, 6) is -1.30. The van der Waals surface area contributed by atoms with Crippen LogP contribution in [0.1, 0.15) is 34.3 Å². The lowest BCUT2D eigenvalue weighted by Crippen LogP contribution is -2.51. The summed E-state index contributed by atoms with van der Waals surface area (Å²) < 4.78 is 50.9. The Morgan fingerprint density at radius 3 is 2.42 bits per heavy atom. The topological polar surface area (TPSA) is 100 Å². The molecule has 2 amide bonds. The highest BCUT2D eigenvalue weighted by molar-refractivity contribution is 6.32. The Hall–Kier alpha value is -3.71. The maximum absolute atomic E-state index is 13.3. The molecule has 0 spiro atoms. The third-order valence-corrected chi connectivity index (χ3v) is 6.07. The third-order valence-electron chi connectivity index (χ3n) is 5.77. The summed E-state index contributed by atoms with van der Waals surface area (Å²) in [6.07, 6.45) is -0.528. The molecule has 2 bridgehead atoms. The van der Waals surface area contributed by atoms with Crippen molar-refractivity contribution in [2.75, 3.05) is 13.2 Å². The van der Waals surface area contributed by atoms with E-state index in [0.29, 0.717) is 29.2 Å². The molecule has 1 saturated carbocycles. The van der Waals surface area contributed by atoms with Gasteiger partial charge in [0.15, 0.2) is 0 Å². The van der Waals surface area contributed by atoms with E-state index in [9.17, 15) is 28.0 Å². The number of nitrogens with zero attached hydrogens (tertiary/aromatic N) is 1. The van der Waals surface area contributed by atoms with Gasteiger partial charge in [0, 0.05) is 6.42 Å². The Bertz CT molecular complexity index is 1250. The van der Waals surface area contributed by atoms with Gasteiger partial charge in [0.05, 0.1) is 22.2 Å². The highest BCUT2D eigenvalue weighted by atomic mass is 35.5. The van der Waals surface area contributed by atoms with Gasteiger partial charge in [-0.1, -0.05) is 17.7 Å². The van der Waals surface area contributed by atoms with E-state index < -0.39 is 35.1 Å². The summed E-state index contributed by atoms with van der Waals surface area (Å²) in [4.78, 5) is 26.2. The Kier molecular flexibility index (Phi) is 7.13. The van der Waals surface area contributed by atoms with Crippen LogP contribution in [0.5, 0.6) is 11.5 Å². The minimum atomic E-state index is -4.64. The first kappa shape index (κ1) is 25.4. The van der Waals surface area contributed by atoms with Crippen LogP contribution in [0, 0.1) is 11.3 Å². The fraction of sp³-hybridized carbons (Fsp3) is 0.320. The van der Waals surface area contributed by atoms with E-state index in [2.05, 4.69) is 16.7 Å². The molecule has 2 N–H and O–H groups in total. The molecular weight excluding hydrogens is 499 g/mol. The summed E-state index contributed by atoms with van der Waals surface area (Å²) >= 11 is 6.31. The van der Waals surface area contributed by atoms with Crippen LogP contribution >= 0.6 is 11.6 Å². The quantitative estimate of drug-likeness (QED) is 0.579. The second-order valence-corrected chi connectivity index (χ2v) is 8.89. The van der Waals surface area contributed by atoms with E-state index in [4.69, 9.17) is 21.1 Å². The van der Waals surface area contributed by atoms with Gasteiger partial charge in [0.25, 0.3) is 5.91 Å². The first-order valence-electron chi connectivity index (χ1n) is 11.0. The number of carbonyl (C=O) groups is 2. The number of hydrogen-bond donors (Lipinski definition) is 2.